The number of hydrogen-bond acceptors (Lipinski definition) is 4. The van der Waals surface area contributed by atoms with Gasteiger partial charge in [-0.25, -0.2) is 0 Å². The Balaban J connectivity index is 1.83. The summed E-state index contributed by atoms with van der Waals surface area (Å²) >= 11 is 4.04. The van der Waals surface area contributed by atoms with E-state index < -0.39 is 0 Å². The Morgan fingerprint density at radius 2 is 2.24 bits per heavy atom. The van der Waals surface area contributed by atoms with Crippen molar-refractivity contribution in [2.75, 3.05) is 25.1 Å². The number of hydrogen-bond donors (Lipinski definition) is 1. The van der Waals surface area contributed by atoms with E-state index >= 15 is 0 Å². The van der Waals surface area contributed by atoms with E-state index in [2.05, 4.69) is 48.1 Å². The van der Waals surface area contributed by atoms with E-state index in [4.69, 9.17) is 0 Å². The van der Waals surface area contributed by atoms with Crippen molar-refractivity contribution >= 4 is 23.1 Å². The van der Waals surface area contributed by atoms with Crippen LogP contribution >= 0.6 is 23.1 Å². The summed E-state index contributed by atoms with van der Waals surface area (Å²) in [5.41, 5.74) is 0. The molecular weight excluding hydrogens is 248 g/mol. The van der Waals surface area contributed by atoms with Gasteiger partial charge in [-0.3, -0.25) is 4.90 Å². The Morgan fingerprint density at radius 1 is 1.41 bits per heavy atom. The molecule has 1 atom stereocenters. The largest absolute Gasteiger partial charge is 0.312 e. The van der Waals surface area contributed by atoms with Crippen LogP contribution in [0.3, 0.4) is 0 Å². The molecule has 1 N–H and O–H groups in total. The highest BCUT2D eigenvalue weighted by atomic mass is 32.2. The molecule has 1 fully saturated rings. The van der Waals surface area contributed by atoms with Gasteiger partial charge in [0.15, 0.2) is 0 Å². The Bertz CT molecular complexity index is 332. The normalized spacial score (nSPS) is 20.3. The standard InChI is InChI=1S/C13H22N2S2/c1-3-14-8-12-4-5-13(17-12)9-15(2)11-6-7-16-10-11/h4-5,11,14H,3,6-10H2,1-2H3. The van der Waals surface area contributed by atoms with Crippen LogP contribution in [0.2, 0.25) is 0 Å². The van der Waals surface area contributed by atoms with E-state index in [1.165, 1.54) is 27.7 Å². The number of rotatable bonds is 6. The second kappa shape index (κ2) is 6.78. The summed E-state index contributed by atoms with van der Waals surface area (Å²) in [6.07, 6.45) is 1.36. The van der Waals surface area contributed by atoms with Gasteiger partial charge in [0.2, 0.25) is 0 Å². The zero-order valence-electron chi connectivity index (χ0n) is 10.7. The van der Waals surface area contributed by atoms with Crippen molar-refractivity contribution in [2.24, 2.45) is 0 Å². The lowest BCUT2D eigenvalue weighted by atomic mass is 10.2. The Kier molecular flexibility index (Phi) is 5.35. The monoisotopic (exact) mass is 270 g/mol. The van der Waals surface area contributed by atoms with Gasteiger partial charge in [-0.1, -0.05) is 6.92 Å². The maximum Gasteiger partial charge on any atom is 0.0328 e. The molecule has 1 aromatic rings. The van der Waals surface area contributed by atoms with Gasteiger partial charge in [0.25, 0.3) is 0 Å². The zero-order valence-corrected chi connectivity index (χ0v) is 12.4. The van der Waals surface area contributed by atoms with Crippen molar-refractivity contribution in [3.8, 4) is 0 Å². The first-order valence-corrected chi connectivity index (χ1v) is 8.33. The maximum absolute atomic E-state index is 3.38. The summed E-state index contributed by atoms with van der Waals surface area (Å²) in [6.45, 7) is 5.33. The van der Waals surface area contributed by atoms with Crippen LogP contribution in [0.25, 0.3) is 0 Å². The Labute approximate surface area is 113 Å². The van der Waals surface area contributed by atoms with Crippen molar-refractivity contribution in [3.63, 3.8) is 0 Å². The zero-order chi connectivity index (χ0) is 12.1. The highest BCUT2D eigenvalue weighted by Gasteiger charge is 2.20. The minimum atomic E-state index is 0.791. The van der Waals surface area contributed by atoms with E-state index in [1.807, 2.05) is 11.3 Å². The van der Waals surface area contributed by atoms with Gasteiger partial charge in [-0.05, 0) is 37.9 Å². The molecule has 1 saturated heterocycles. The average molecular weight is 270 g/mol. The fourth-order valence-electron chi connectivity index (χ4n) is 2.10. The van der Waals surface area contributed by atoms with Crippen molar-refractivity contribution in [3.05, 3.63) is 21.9 Å². The summed E-state index contributed by atoms with van der Waals surface area (Å²) < 4.78 is 0. The minimum absolute atomic E-state index is 0.791. The van der Waals surface area contributed by atoms with Gasteiger partial charge in [-0.2, -0.15) is 11.8 Å². The molecule has 1 aliphatic rings. The third kappa shape index (κ3) is 3.98. The molecule has 4 heteroatoms. The number of thioether (sulfide) groups is 1. The predicted octanol–water partition coefficient (Wildman–Crippen LogP) is 2.79. The molecule has 0 bridgehead atoms. The first kappa shape index (κ1) is 13.4. The smallest absolute Gasteiger partial charge is 0.0328 e. The first-order chi connectivity index (χ1) is 8.29. The lowest BCUT2D eigenvalue weighted by molar-refractivity contribution is 0.256. The summed E-state index contributed by atoms with van der Waals surface area (Å²) in [5, 5.41) is 3.38. The highest BCUT2D eigenvalue weighted by Crippen LogP contribution is 2.24. The fraction of sp³-hybridized carbons (Fsp3) is 0.692. The molecule has 0 radical (unpaired) electrons. The average Bonchev–Trinajstić information content (AvgIpc) is 2.97. The van der Waals surface area contributed by atoms with Gasteiger partial charge in [0.1, 0.15) is 0 Å². The third-order valence-corrected chi connectivity index (χ3v) is 5.42. The predicted molar refractivity (Wildman–Crippen MR) is 78.9 cm³/mol. The molecule has 96 valence electrons. The van der Waals surface area contributed by atoms with E-state index in [9.17, 15) is 0 Å². The van der Waals surface area contributed by atoms with Crippen LogP contribution < -0.4 is 5.32 Å². The molecular formula is C13H22N2S2. The van der Waals surface area contributed by atoms with Gasteiger partial charge < -0.3 is 5.32 Å². The second-order valence-electron chi connectivity index (χ2n) is 4.58. The molecule has 2 rings (SSSR count). The van der Waals surface area contributed by atoms with E-state index in [0.717, 1.165) is 25.7 Å². The quantitative estimate of drug-likeness (QED) is 0.856. The van der Waals surface area contributed by atoms with Crippen LogP contribution in [0.15, 0.2) is 12.1 Å². The maximum atomic E-state index is 3.38. The summed E-state index contributed by atoms with van der Waals surface area (Å²) in [4.78, 5) is 5.47. The van der Waals surface area contributed by atoms with E-state index in [-0.39, 0.29) is 0 Å². The van der Waals surface area contributed by atoms with Crippen LogP contribution in [0.4, 0.5) is 0 Å². The van der Waals surface area contributed by atoms with Crippen molar-refractivity contribution in [1.29, 1.82) is 0 Å². The summed E-state index contributed by atoms with van der Waals surface area (Å²) in [5.74, 6) is 2.65. The molecule has 1 unspecified atom stereocenters. The van der Waals surface area contributed by atoms with E-state index in [1.54, 1.807) is 0 Å². The number of thiophene rings is 1. The Hall–Kier alpha value is -0.0300. The molecule has 0 amide bonds. The third-order valence-electron chi connectivity index (χ3n) is 3.20. The molecule has 0 aromatic carbocycles. The lowest BCUT2D eigenvalue weighted by Gasteiger charge is -2.22. The highest BCUT2D eigenvalue weighted by molar-refractivity contribution is 7.99. The summed E-state index contributed by atoms with van der Waals surface area (Å²) in [7, 11) is 2.26. The van der Waals surface area contributed by atoms with Crippen molar-refractivity contribution in [1.82, 2.24) is 10.2 Å². The molecule has 2 heterocycles. The molecule has 17 heavy (non-hydrogen) atoms. The van der Waals surface area contributed by atoms with Crippen LogP contribution in [-0.2, 0) is 13.1 Å². The van der Waals surface area contributed by atoms with Crippen molar-refractivity contribution < 1.29 is 0 Å². The van der Waals surface area contributed by atoms with Crippen LogP contribution in [-0.4, -0.2) is 36.0 Å². The Morgan fingerprint density at radius 3 is 2.94 bits per heavy atom. The van der Waals surface area contributed by atoms with E-state index in [0.29, 0.717) is 0 Å². The number of nitrogens with zero attached hydrogens (tertiary/aromatic N) is 1. The van der Waals surface area contributed by atoms with Crippen LogP contribution in [0.5, 0.6) is 0 Å². The van der Waals surface area contributed by atoms with Crippen molar-refractivity contribution in [2.45, 2.75) is 32.5 Å². The minimum Gasteiger partial charge on any atom is -0.312 e. The molecule has 0 aliphatic carbocycles. The number of nitrogens with one attached hydrogen (secondary N) is 1. The molecule has 0 spiro atoms. The first-order valence-electron chi connectivity index (χ1n) is 6.36. The van der Waals surface area contributed by atoms with Gasteiger partial charge in [-0.15, -0.1) is 11.3 Å². The topological polar surface area (TPSA) is 15.3 Å². The second-order valence-corrected chi connectivity index (χ2v) is 6.98. The SMILES string of the molecule is CCNCc1ccc(CN(C)C2CCSC2)s1. The summed E-state index contributed by atoms with van der Waals surface area (Å²) in [6, 6.07) is 5.34. The lowest BCUT2D eigenvalue weighted by Crippen LogP contribution is -2.30. The molecule has 1 aliphatic heterocycles. The van der Waals surface area contributed by atoms with Gasteiger partial charge in [0.05, 0.1) is 0 Å². The van der Waals surface area contributed by atoms with Gasteiger partial charge >= 0.3 is 0 Å². The molecule has 1 aromatic heterocycles. The van der Waals surface area contributed by atoms with Gasteiger partial charge in [0, 0.05) is 34.6 Å². The fourth-order valence-corrected chi connectivity index (χ4v) is 4.45. The molecule has 0 saturated carbocycles. The molecule has 2 nitrogen and oxygen atoms in total. The van der Waals surface area contributed by atoms with Crippen LogP contribution in [0.1, 0.15) is 23.1 Å². The van der Waals surface area contributed by atoms with Crippen LogP contribution in [0, 0.1) is 0 Å².